The number of carbonyl (C=O) groups excluding carboxylic acids is 1. The Bertz CT molecular complexity index is 809. The molecule has 1 saturated carbocycles. The van der Waals surface area contributed by atoms with Crippen LogP contribution in [0.5, 0.6) is 0 Å². The Labute approximate surface area is 143 Å². The molecule has 2 heterocycles. The number of thiophene rings is 1. The van der Waals surface area contributed by atoms with Crippen LogP contribution in [0.25, 0.3) is 5.00 Å². The molecule has 2 aromatic heterocycles. The summed E-state index contributed by atoms with van der Waals surface area (Å²) in [6.45, 7) is 0.768. The van der Waals surface area contributed by atoms with Crippen LogP contribution in [-0.4, -0.2) is 32.7 Å². The van der Waals surface area contributed by atoms with Gasteiger partial charge in [0, 0.05) is 11.4 Å². The van der Waals surface area contributed by atoms with Gasteiger partial charge in [-0.25, -0.2) is 0 Å². The molecule has 0 radical (unpaired) electrons. The number of aromatic nitrogens is 4. The summed E-state index contributed by atoms with van der Waals surface area (Å²) in [5.74, 6) is 2.01. The van der Waals surface area contributed by atoms with Gasteiger partial charge < -0.3 is 5.32 Å². The summed E-state index contributed by atoms with van der Waals surface area (Å²) in [4.78, 5) is 14.3. The largest absolute Gasteiger partial charge is 0.352 e. The Hall–Kier alpha value is -2.02. The smallest absolute Gasteiger partial charge is 0.254 e. The summed E-state index contributed by atoms with van der Waals surface area (Å²) >= 11 is 1.65. The van der Waals surface area contributed by atoms with E-state index in [9.17, 15) is 4.79 Å². The lowest BCUT2D eigenvalue weighted by Crippen LogP contribution is -2.31. The van der Waals surface area contributed by atoms with E-state index in [0.29, 0.717) is 11.8 Å². The SMILES string of the molecule is O=C(NC[C@H]1C[C@@H]2C=C[C@H]1C2)c1c(-n2cnnn2)sc2c1CCC2. The minimum Gasteiger partial charge on any atom is -0.352 e. The van der Waals surface area contributed by atoms with Crippen LogP contribution in [0.4, 0.5) is 0 Å². The monoisotopic (exact) mass is 341 g/mol. The number of carbonyl (C=O) groups is 1. The zero-order chi connectivity index (χ0) is 16.1. The zero-order valence-corrected chi connectivity index (χ0v) is 14.1. The predicted molar refractivity (Wildman–Crippen MR) is 90.2 cm³/mol. The van der Waals surface area contributed by atoms with Gasteiger partial charge in [0.2, 0.25) is 0 Å². The molecular formula is C17H19N5OS. The van der Waals surface area contributed by atoms with Gasteiger partial charge in [0.15, 0.2) is 0 Å². The molecule has 124 valence electrons. The van der Waals surface area contributed by atoms with Gasteiger partial charge in [-0.1, -0.05) is 12.2 Å². The molecule has 0 unspecified atom stereocenters. The normalized spacial score (nSPS) is 26.9. The molecule has 2 aromatic rings. The molecule has 3 atom stereocenters. The first-order valence-corrected chi connectivity index (χ1v) is 9.45. The molecule has 2 bridgehead atoms. The van der Waals surface area contributed by atoms with E-state index >= 15 is 0 Å². The summed E-state index contributed by atoms with van der Waals surface area (Å²) in [6, 6.07) is 0. The molecule has 0 aromatic carbocycles. The van der Waals surface area contributed by atoms with Crippen molar-refractivity contribution in [1.29, 1.82) is 0 Å². The van der Waals surface area contributed by atoms with Crippen LogP contribution < -0.4 is 5.32 Å². The molecule has 1 amide bonds. The number of rotatable bonds is 4. The maximum atomic E-state index is 12.9. The fourth-order valence-electron chi connectivity index (χ4n) is 4.48. The number of allylic oxidation sites excluding steroid dienone is 2. The van der Waals surface area contributed by atoms with Gasteiger partial charge in [-0.15, -0.1) is 16.4 Å². The number of aryl methyl sites for hydroxylation is 1. The summed E-state index contributed by atoms with van der Waals surface area (Å²) < 4.78 is 1.62. The van der Waals surface area contributed by atoms with Crippen molar-refractivity contribution in [3.63, 3.8) is 0 Å². The molecule has 7 heteroatoms. The number of fused-ring (bicyclic) bond motifs is 3. The van der Waals surface area contributed by atoms with Gasteiger partial charge in [-0.2, -0.15) is 4.68 Å². The molecule has 24 heavy (non-hydrogen) atoms. The van der Waals surface area contributed by atoms with E-state index < -0.39 is 0 Å². The number of hydrogen-bond donors (Lipinski definition) is 1. The molecule has 0 saturated heterocycles. The molecule has 0 spiro atoms. The van der Waals surface area contributed by atoms with Crippen molar-refractivity contribution in [1.82, 2.24) is 25.5 Å². The van der Waals surface area contributed by atoms with Crippen molar-refractivity contribution < 1.29 is 4.79 Å². The number of hydrogen-bond acceptors (Lipinski definition) is 5. The van der Waals surface area contributed by atoms with E-state index in [1.165, 1.54) is 23.3 Å². The van der Waals surface area contributed by atoms with Gasteiger partial charge in [0.25, 0.3) is 5.91 Å². The third-order valence-electron chi connectivity index (χ3n) is 5.63. The molecule has 6 nitrogen and oxygen atoms in total. The van der Waals surface area contributed by atoms with Crippen LogP contribution in [0.1, 0.15) is 40.1 Å². The second-order valence-electron chi connectivity index (χ2n) is 7.04. The number of nitrogens with zero attached hydrogens (tertiary/aromatic N) is 4. The highest BCUT2D eigenvalue weighted by molar-refractivity contribution is 7.15. The maximum absolute atomic E-state index is 12.9. The van der Waals surface area contributed by atoms with Crippen LogP contribution in [0.2, 0.25) is 0 Å². The van der Waals surface area contributed by atoms with E-state index in [2.05, 4.69) is 33.0 Å². The molecular weight excluding hydrogens is 322 g/mol. The van der Waals surface area contributed by atoms with Gasteiger partial charge in [0.05, 0.1) is 5.56 Å². The quantitative estimate of drug-likeness (QED) is 0.865. The minimum absolute atomic E-state index is 0.0339. The highest BCUT2D eigenvalue weighted by Gasteiger charge is 2.36. The third-order valence-corrected chi connectivity index (χ3v) is 6.91. The van der Waals surface area contributed by atoms with Gasteiger partial charge >= 0.3 is 0 Å². The van der Waals surface area contributed by atoms with Crippen molar-refractivity contribution in [2.75, 3.05) is 6.54 Å². The van der Waals surface area contributed by atoms with Crippen LogP contribution in [0.3, 0.4) is 0 Å². The summed E-state index contributed by atoms with van der Waals surface area (Å²) in [6.07, 6.45) is 11.9. The Morgan fingerprint density at radius 1 is 1.33 bits per heavy atom. The van der Waals surface area contributed by atoms with Gasteiger partial charge in [-0.05, 0) is 65.8 Å². The molecule has 1 fully saturated rings. The Morgan fingerprint density at radius 3 is 3.04 bits per heavy atom. The van der Waals surface area contributed by atoms with E-state index in [0.717, 1.165) is 42.3 Å². The van der Waals surface area contributed by atoms with E-state index in [4.69, 9.17) is 0 Å². The Kier molecular flexibility index (Phi) is 3.29. The number of nitrogens with one attached hydrogen (secondary N) is 1. The second kappa shape index (κ2) is 5.51. The fraction of sp³-hybridized carbons (Fsp3) is 0.529. The van der Waals surface area contributed by atoms with Crippen LogP contribution in [-0.2, 0) is 12.8 Å². The van der Waals surface area contributed by atoms with E-state index in [1.54, 1.807) is 22.3 Å². The lowest BCUT2D eigenvalue weighted by atomic mass is 9.93. The zero-order valence-electron chi connectivity index (χ0n) is 13.3. The molecule has 0 aliphatic heterocycles. The van der Waals surface area contributed by atoms with Gasteiger partial charge in [-0.3, -0.25) is 4.79 Å². The molecule has 3 aliphatic rings. The summed E-state index contributed by atoms with van der Waals surface area (Å²) in [5.41, 5.74) is 1.99. The minimum atomic E-state index is 0.0339. The highest BCUT2D eigenvalue weighted by atomic mass is 32.1. The van der Waals surface area contributed by atoms with Crippen LogP contribution >= 0.6 is 11.3 Å². The Morgan fingerprint density at radius 2 is 2.29 bits per heavy atom. The van der Waals surface area contributed by atoms with E-state index in [1.807, 2.05) is 0 Å². The molecule has 5 rings (SSSR count). The third kappa shape index (κ3) is 2.22. The van der Waals surface area contributed by atoms with Crippen LogP contribution in [0, 0.1) is 17.8 Å². The van der Waals surface area contributed by atoms with Crippen molar-refractivity contribution in [2.24, 2.45) is 17.8 Å². The van der Waals surface area contributed by atoms with Crippen molar-refractivity contribution in [3.05, 3.63) is 34.5 Å². The first-order chi connectivity index (χ1) is 11.8. The highest BCUT2D eigenvalue weighted by Crippen LogP contribution is 2.43. The second-order valence-corrected chi connectivity index (χ2v) is 8.13. The topological polar surface area (TPSA) is 72.7 Å². The summed E-state index contributed by atoms with van der Waals surface area (Å²) in [7, 11) is 0. The number of tetrazole rings is 1. The predicted octanol–water partition coefficient (Wildman–Crippen LogP) is 2.15. The first kappa shape index (κ1) is 14.3. The lowest BCUT2D eigenvalue weighted by Gasteiger charge is -2.18. The fourth-order valence-corrected chi connectivity index (χ4v) is 5.78. The Balaban J connectivity index is 1.39. The maximum Gasteiger partial charge on any atom is 0.254 e. The average Bonchev–Trinajstić information content (AvgIpc) is 3.38. The van der Waals surface area contributed by atoms with Gasteiger partial charge in [0.1, 0.15) is 11.3 Å². The molecule has 3 aliphatic carbocycles. The van der Waals surface area contributed by atoms with Crippen molar-refractivity contribution in [3.8, 4) is 5.00 Å². The number of amides is 1. The molecule has 1 N–H and O–H groups in total. The standard InChI is InChI=1S/C17H19N5OS/c23-16(18-8-12-7-10-4-5-11(12)6-10)15-13-2-1-3-14(13)24-17(15)22-9-19-20-21-22/h4-5,9-12H,1-3,6-8H2,(H,18,23)/t10-,11+,12-/m1/s1. The van der Waals surface area contributed by atoms with Crippen LogP contribution in [0.15, 0.2) is 18.5 Å². The summed E-state index contributed by atoms with van der Waals surface area (Å²) in [5, 5.41) is 15.5. The average molecular weight is 341 g/mol. The first-order valence-electron chi connectivity index (χ1n) is 8.64. The lowest BCUT2D eigenvalue weighted by molar-refractivity contribution is 0.0944. The van der Waals surface area contributed by atoms with E-state index in [-0.39, 0.29) is 5.91 Å². The van der Waals surface area contributed by atoms with Crippen molar-refractivity contribution in [2.45, 2.75) is 32.1 Å². The van der Waals surface area contributed by atoms with Crippen molar-refractivity contribution >= 4 is 17.2 Å².